The first kappa shape index (κ1) is 12.1. The Hall–Kier alpha value is -0.940. The fourth-order valence-corrected chi connectivity index (χ4v) is 3.05. The summed E-state index contributed by atoms with van der Waals surface area (Å²) < 4.78 is 2.92. The molecular formula is C13H16BrN3O. The van der Waals surface area contributed by atoms with Gasteiger partial charge < -0.3 is 5.11 Å². The number of rotatable bonds is 2. The quantitative estimate of drug-likeness (QED) is 0.868. The first-order chi connectivity index (χ1) is 8.76. The first-order valence-corrected chi connectivity index (χ1v) is 7.17. The number of aliphatic hydroxyl groups excluding tert-OH is 1. The summed E-state index contributed by atoms with van der Waals surface area (Å²) in [6, 6.07) is 2.47. The third kappa shape index (κ3) is 2.29. The molecule has 0 radical (unpaired) electrons. The van der Waals surface area contributed by atoms with Crippen LogP contribution in [0.5, 0.6) is 0 Å². The number of halogens is 1. The van der Waals surface area contributed by atoms with Crippen LogP contribution in [0.1, 0.15) is 31.7 Å². The maximum absolute atomic E-state index is 9.16. The Morgan fingerprint density at radius 2 is 2.11 bits per heavy atom. The SMILES string of the molecule is OC[C@H]1CC[C@H](n2cc3cc(Br)ncc3n2)CC1. The second kappa shape index (κ2) is 4.97. The van der Waals surface area contributed by atoms with Crippen molar-refractivity contribution in [3.8, 4) is 0 Å². The van der Waals surface area contributed by atoms with Crippen LogP contribution in [0, 0.1) is 5.92 Å². The fraction of sp³-hybridized carbons (Fsp3) is 0.538. The smallest absolute Gasteiger partial charge is 0.111 e. The van der Waals surface area contributed by atoms with Gasteiger partial charge in [-0.3, -0.25) is 4.68 Å². The van der Waals surface area contributed by atoms with E-state index in [0.717, 1.165) is 41.2 Å². The highest BCUT2D eigenvalue weighted by molar-refractivity contribution is 9.10. The summed E-state index contributed by atoms with van der Waals surface area (Å²) in [7, 11) is 0. The Morgan fingerprint density at radius 1 is 1.33 bits per heavy atom. The minimum atomic E-state index is 0.324. The van der Waals surface area contributed by atoms with Crippen molar-refractivity contribution >= 4 is 26.8 Å². The summed E-state index contributed by atoms with van der Waals surface area (Å²) in [5, 5.41) is 14.9. The van der Waals surface area contributed by atoms with E-state index in [1.165, 1.54) is 0 Å². The molecule has 0 saturated heterocycles. The van der Waals surface area contributed by atoms with Crippen LogP contribution in [-0.2, 0) is 0 Å². The van der Waals surface area contributed by atoms with E-state index in [4.69, 9.17) is 5.11 Å². The Bertz CT molecular complexity index is 546. The third-order valence-electron chi connectivity index (χ3n) is 3.82. The van der Waals surface area contributed by atoms with Crippen molar-refractivity contribution in [2.75, 3.05) is 6.61 Å². The molecule has 0 atom stereocenters. The molecule has 0 spiro atoms. The summed E-state index contributed by atoms with van der Waals surface area (Å²) in [5.41, 5.74) is 0.947. The van der Waals surface area contributed by atoms with Gasteiger partial charge in [-0.05, 0) is 53.6 Å². The molecule has 1 saturated carbocycles. The van der Waals surface area contributed by atoms with Crippen LogP contribution in [0.2, 0.25) is 0 Å². The average molecular weight is 310 g/mol. The monoisotopic (exact) mass is 309 g/mol. The lowest BCUT2D eigenvalue weighted by atomic mass is 9.87. The van der Waals surface area contributed by atoms with Gasteiger partial charge in [0.25, 0.3) is 0 Å². The van der Waals surface area contributed by atoms with Gasteiger partial charge in [-0.15, -0.1) is 0 Å². The van der Waals surface area contributed by atoms with Gasteiger partial charge in [-0.1, -0.05) is 0 Å². The lowest BCUT2D eigenvalue weighted by molar-refractivity contribution is 0.165. The highest BCUT2D eigenvalue weighted by Gasteiger charge is 2.22. The molecule has 1 aliphatic carbocycles. The van der Waals surface area contributed by atoms with Crippen molar-refractivity contribution in [2.24, 2.45) is 5.92 Å². The number of fused-ring (bicyclic) bond motifs is 1. The highest BCUT2D eigenvalue weighted by atomic mass is 79.9. The van der Waals surface area contributed by atoms with Gasteiger partial charge in [-0.2, -0.15) is 5.10 Å². The zero-order chi connectivity index (χ0) is 12.5. The number of nitrogens with zero attached hydrogens (tertiary/aromatic N) is 3. The summed E-state index contributed by atoms with van der Waals surface area (Å²) >= 11 is 3.38. The number of pyridine rings is 1. The molecule has 1 aliphatic rings. The van der Waals surface area contributed by atoms with E-state index >= 15 is 0 Å². The summed E-state index contributed by atoms with van der Waals surface area (Å²) in [4.78, 5) is 4.20. The van der Waals surface area contributed by atoms with Crippen LogP contribution < -0.4 is 0 Å². The van der Waals surface area contributed by atoms with Crippen LogP contribution in [0.15, 0.2) is 23.1 Å². The molecule has 1 fully saturated rings. The number of hydrogen-bond donors (Lipinski definition) is 1. The minimum absolute atomic E-state index is 0.324. The van der Waals surface area contributed by atoms with Gasteiger partial charge in [0, 0.05) is 18.2 Å². The molecule has 2 aromatic heterocycles. The molecule has 3 rings (SSSR count). The van der Waals surface area contributed by atoms with E-state index in [1.54, 1.807) is 6.20 Å². The molecule has 96 valence electrons. The normalized spacial score (nSPS) is 24.6. The van der Waals surface area contributed by atoms with Gasteiger partial charge in [-0.25, -0.2) is 4.98 Å². The van der Waals surface area contributed by atoms with Gasteiger partial charge in [0.15, 0.2) is 0 Å². The van der Waals surface area contributed by atoms with Crippen molar-refractivity contribution in [1.82, 2.24) is 14.8 Å². The van der Waals surface area contributed by atoms with Crippen LogP contribution in [0.25, 0.3) is 10.9 Å². The summed E-state index contributed by atoms with van der Waals surface area (Å²) in [6.45, 7) is 0.324. The lowest BCUT2D eigenvalue weighted by Gasteiger charge is -2.27. The zero-order valence-corrected chi connectivity index (χ0v) is 11.7. The summed E-state index contributed by atoms with van der Waals surface area (Å²) in [5.74, 6) is 0.488. The molecule has 18 heavy (non-hydrogen) atoms. The molecule has 4 nitrogen and oxygen atoms in total. The van der Waals surface area contributed by atoms with Crippen LogP contribution in [0.4, 0.5) is 0 Å². The summed E-state index contributed by atoms with van der Waals surface area (Å²) in [6.07, 6.45) is 8.31. The van der Waals surface area contributed by atoms with Crippen LogP contribution in [-0.4, -0.2) is 26.5 Å². The molecule has 0 amide bonds. The van der Waals surface area contributed by atoms with E-state index < -0.39 is 0 Å². The molecule has 2 heterocycles. The number of aromatic nitrogens is 3. The van der Waals surface area contributed by atoms with Crippen LogP contribution in [0.3, 0.4) is 0 Å². The Kier molecular flexibility index (Phi) is 3.35. The Balaban J connectivity index is 1.82. The molecule has 0 aliphatic heterocycles. The van der Waals surface area contributed by atoms with Gasteiger partial charge in [0.05, 0.1) is 12.2 Å². The van der Waals surface area contributed by atoms with Crippen LogP contribution >= 0.6 is 15.9 Å². The predicted octanol–water partition coefficient (Wildman–Crippen LogP) is 2.92. The molecular weight excluding hydrogens is 294 g/mol. The van der Waals surface area contributed by atoms with E-state index in [-0.39, 0.29) is 0 Å². The number of hydrogen-bond acceptors (Lipinski definition) is 3. The van der Waals surface area contributed by atoms with E-state index in [2.05, 4.69) is 36.9 Å². The molecule has 2 aromatic rings. The Morgan fingerprint density at radius 3 is 2.83 bits per heavy atom. The standard InChI is InChI=1S/C13H16BrN3O/c14-13-5-10-7-17(16-12(10)6-15-13)11-3-1-9(8-18)2-4-11/h5-7,9,11,18H,1-4,8H2/t9-,11-. The van der Waals surface area contributed by atoms with Gasteiger partial charge in [0.2, 0.25) is 0 Å². The average Bonchev–Trinajstić information content (AvgIpc) is 2.81. The van der Waals surface area contributed by atoms with Crippen molar-refractivity contribution in [3.05, 3.63) is 23.1 Å². The fourth-order valence-electron chi connectivity index (χ4n) is 2.70. The molecule has 0 bridgehead atoms. The highest BCUT2D eigenvalue weighted by Crippen LogP contribution is 2.32. The largest absolute Gasteiger partial charge is 0.396 e. The first-order valence-electron chi connectivity index (χ1n) is 6.37. The second-order valence-corrected chi connectivity index (χ2v) is 5.84. The maximum atomic E-state index is 9.16. The topological polar surface area (TPSA) is 50.9 Å². The van der Waals surface area contributed by atoms with Crippen molar-refractivity contribution in [1.29, 1.82) is 0 Å². The molecule has 1 N–H and O–H groups in total. The van der Waals surface area contributed by atoms with Gasteiger partial charge in [0.1, 0.15) is 10.1 Å². The van der Waals surface area contributed by atoms with Gasteiger partial charge >= 0.3 is 0 Å². The minimum Gasteiger partial charge on any atom is -0.396 e. The zero-order valence-electron chi connectivity index (χ0n) is 10.1. The van der Waals surface area contributed by atoms with E-state index in [9.17, 15) is 0 Å². The number of aliphatic hydroxyl groups is 1. The van der Waals surface area contributed by atoms with E-state index in [1.807, 2.05) is 6.07 Å². The Labute approximate surface area is 114 Å². The third-order valence-corrected chi connectivity index (χ3v) is 4.26. The lowest BCUT2D eigenvalue weighted by Crippen LogP contribution is -2.20. The van der Waals surface area contributed by atoms with Crippen molar-refractivity contribution in [3.63, 3.8) is 0 Å². The molecule has 5 heteroatoms. The van der Waals surface area contributed by atoms with Crippen molar-refractivity contribution in [2.45, 2.75) is 31.7 Å². The maximum Gasteiger partial charge on any atom is 0.111 e. The second-order valence-electron chi connectivity index (χ2n) is 5.03. The van der Waals surface area contributed by atoms with Crippen molar-refractivity contribution < 1.29 is 5.11 Å². The predicted molar refractivity (Wildman–Crippen MR) is 73.3 cm³/mol. The molecule has 0 unspecified atom stereocenters. The van der Waals surface area contributed by atoms with E-state index in [0.29, 0.717) is 18.6 Å². The molecule has 0 aromatic carbocycles.